The molecule has 0 spiro atoms. The van der Waals surface area contributed by atoms with Crippen LogP contribution in [0.3, 0.4) is 0 Å². The van der Waals surface area contributed by atoms with E-state index in [-0.39, 0.29) is 55.1 Å². The van der Waals surface area contributed by atoms with Gasteiger partial charge in [-0.3, -0.25) is 24.0 Å². The molecule has 0 unspecified atom stereocenters. The smallest absolute Gasteiger partial charge is 0.277 e. The number of hydrogen-bond donors (Lipinski definition) is 6. The van der Waals surface area contributed by atoms with Gasteiger partial charge in [0.2, 0.25) is 17.7 Å². The molecule has 5 rings (SSSR count). The van der Waals surface area contributed by atoms with Crippen LogP contribution in [0.25, 0.3) is 10.4 Å². The number of aromatic nitrogens is 1. The van der Waals surface area contributed by atoms with Gasteiger partial charge in [-0.25, -0.2) is 23.6 Å². The lowest BCUT2D eigenvalue weighted by Crippen LogP contribution is -2.57. The number of hydroxylamine groups is 1. The van der Waals surface area contributed by atoms with Gasteiger partial charge in [0.05, 0.1) is 45.7 Å². The number of nitrogens with zero attached hydrogens (tertiary/aromatic N) is 2. The van der Waals surface area contributed by atoms with Crippen molar-refractivity contribution in [2.75, 3.05) is 31.6 Å². The van der Waals surface area contributed by atoms with Crippen molar-refractivity contribution < 1.29 is 42.3 Å². The van der Waals surface area contributed by atoms with E-state index in [0.29, 0.717) is 29.4 Å². The highest BCUT2D eigenvalue weighted by Crippen LogP contribution is 2.30. The van der Waals surface area contributed by atoms with Crippen LogP contribution in [0, 0.1) is 33.4 Å². The van der Waals surface area contributed by atoms with Crippen LogP contribution in [-0.2, 0) is 25.8 Å². The zero-order valence-corrected chi connectivity index (χ0v) is 41.6. The third kappa shape index (κ3) is 16.3. The number of β-amino-alcohol motifs (C(OH)–C–C–N with tert-alkyl or cyclic N) is 1. The van der Waals surface area contributed by atoms with E-state index in [4.69, 9.17) is 4.84 Å². The molecule has 1 aliphatic heterocycles. The number of carbonyl (C=O) groups is 4. The highest BCUT2D eigenvalue weighted by Gasteiger charge is 2.44. The number of aryl methyl sites for hydroxylation is 1. The number of benzene rings is 3. The lowest BCUT2D eigenvalue weighted by atomic mass is 9.85. The second-order valence-corrected chi connectivity index (χ2v) is 20.0. The van der Waals surface area contributed by atoms with Gasteiger partial charge in [0.25, 0.3) is 5.91 Å². The average Bonchev–Trinajstić information content (AvgIpc) is 3.91. The summed E-state index contributed by atoms with van der Waals surface area (Å²) in [6.07, 6.45) is 8.07. The number of amides is 4. The van der Waals surface area contributed by atoms with Gasteiger partial charge in [0.15, 0.2) is 11.6 Å². The first-order chi connectivity index (χ1) is 32.0. The lowest BCUT2D eigenvalue weighted by Gasteiger charge is -2.35. The number of unbranched alkanes of at least 4 members (excludes halogenated alkanes) is 7. The van der Waals surface area contributed by atoms with E-state index in [9.17, 15) is 37.5 Å². The molecule has 0 aliphatic carbocycles. The maximum Gasteiger partial charge on any atom is 0.277 e. The first kappa shape index (κ1) is 53.3. The Labute approximate surface area is 408 Å². The Hall–Kier alpha value is -4.63. The van der Waals surface area contributed by atoms with Crippen LogP contribution in [0.1, 0.15) is 113 Å². The fourth-order valence-electron chi connectivity index (χ4n) is 7.76. The minimum Gasteiger partial charge on any atom is -0.391 e. The number of thiazole rings is 1. The van der Waals surface area contributed by atoms with E-state index in [0.717, 1.165) is 85.3 Å². The van der Waals surface area contributed by atoms with Gasteiger partial charge >= 0.3 is 0 Å². The van der Waals surface area contributed by atoms with Gasteiger partial charge in [-0.15, -0.1) is 11.3 Å². The Balaban J connectivity index is 0.900. The monoisotopic (exact) mass is 1060 g/mol. The maximum absolute atomic E-state index is 14.7. The standard InChI is InChI=1S/C49H63F3IN7O6S/c1-31-44(67-30-56-31)33-17-15-32(16-18-33)28-55-47(64)40-27-35(61)29-60(40)48(65)45(49(2,3)4)58-41(62)14-11-9-7-5-6-8-10-12-23-54-24-13-25-66-59-46(63)36-20-21-37(50)42(52)43(36)57-39-22-19-34(53)26-38(39)51/h15-22,26,30,35,40,45,54,57,61H,5-14,23-25,27-29H2,1-4H3,(H,55,64)(H,58,62)(H,59,63)/t35-,40+,45-/m1/s1. The Bertz CT molecular complexity index is 2280. The van der Waals surface area contributed by atoms with Crippen molar-refractivity contribution in [3.8, 4) is 10.4 Å². The van der Waals surface area contributed by atoms with Crippen molar-refractivity contribution in [2.45, 2.75) is 123 Å². The topological polar surface area (TPSA) is 174 Å². The zero-order chi connectivity index (χ0) is 48.5. The molecule has 1 aromatic heterocycles. The summed E-state index contributed by atoms with van der Waals surface area (Å²) in [6, 6.07) is 12.3. The summed E-state index contributed by atoms with van der Waals surface area (Å²) < 4.78 is 43.6. The molecular weight excluding hydrogens is 999 g/mol. The van der Waals surface area contributed by atoms with Crippen molar-refractivity contribution in [2.24, 2.45) is 5.41 Å². The van der Waals surface area contributed by atoms with Crippen LogP contribution >= 0.6 is 33.9 Å². The number of aliphatic hydroxyl groups is 1. The Morgan fingerprint density at radius 2 is 1.60 bits per heavy atom. The third-order valence-corrected chi connectivity index (χ3v) is 13.2. The predicted molar refractivity (Wildman–Crippen MR) is 263 cm³/mol. The molecule has 1 fully saturated rings. The molecule has 3 atom stereocenters. The van der Waals surface area contributed by atoms with Crippen LogP contribution in [0.15, 0.2) is 60.1 Å². The molecule has 67 heavy (non-hydrogen) atoms. The summed E-state index contributed by atoms with van der Waals surface area (Å²) >= 11 is 3.50. The number of carbonyl (C=O) groups excluding carboxylic acids is 4. The van der Waals surface area contributed by atoms with Gasteiger partial charge in [-0.2, -0.15) is 0 Å². The normalized spacial score (nSPS) is 15.3. The summed E-state index contributed by atoms with van der Waals surface area (Å²) in [5.74, 6) is -4.92. The lowest BCUT2D eigenvalue weighted by molar-refractivity contribution is -0.144. The van der Waals surface area contributed by atoms with Gasteiger partial charge in [-0.1, -0.05) is 83.6 Å². The van der Waals surface area contributed by atoms with Gasteiger partial charge in [0.1, 0.15) is 17.9 Å². The Morgan fingerprint density at radius 1 is 0.910 bits per heavy atom. The number of anilines is 2. The quantitative estimate of drug-likeness (QED) is 0.0215. The Kier molecular flexibility index (Phi) is 20.9. The van der Waals surface area contributed by atoms with Crippen LogP contribution in [0.5, 0.6) is 0 Å². The molecule has 0 bridgehead atoms. The minimum absolute atomic E-state index is 0.0197. The van der Waals surface area contributed by atoms with E-state index >= 15 is 0 Å². The zero-order valence-electron chi connectivity index (χ0n) is 38.6. The van der Waals surface area contributed by atoms with Crippen molar-refractivity contribution in [3.05, 3.63) is 98.0 Å². The number of aliphatic hydroxyl groups excluding tert-OH is 1. The van der Waals surface area contributed by atoms with E-state index < -0.39 is 52.6 Å². The van der Waals surface area contributed by atoms with Gasteiger partial charge in [0, 0.05) is 29.5 Å². The van der Waals surface area contributed by atoms with E-state index in [2.05, 4.69) is 31.7 Å². The molecule has 3 aromatic carbocycles. The SMILES string of the molecule is Cc1ncsc1-c1ccc(CNC(=O)[C@@H]2C[C@@H](O)CN2C(=O)[C@@H](NC(=O)CCCCCCCCCCNCCCONC(=O)c2ccc(F)c(F)c2Nc2ccc(I)cc2F)C(C)(C)C)cc1. The molecule has 1 aliphatic rings. The number of nitrogens with one attached hydrogen (secondary N) is 5. The maximum atomic E-state index is 14.7. The fourth-order valence-corrected chi connectivity index (χ4v) is 9.03. The van der Waals surface area contributed by atoms with E-state index in [1.54, 1.807) is 17.4 Å². The molecule has 18 heteroatoms. The summed E-state index contributed by atoms with van der Waals surface area (Å²) in [4.78, 5) is 65.3. The van der Waals surface area contributed by atoms with Gasteiger partial charge < -0.3 is 31.3 Å². The molecule has 0 radical (unpaired) electrons. The first-order valence-electron chi connectivity index (χ1n) is 22.9. The summed E-state index contributed by atoms with van der Waals surface area (Å²) in [7, 11) is 0. The predicted octanol–water partition coefficient (Wildman–Crippen LogP) is 8.85. The summed E-state index contributed by atoms with van der Waals surface area (Å²) in [5, 5.41) is 22.3. The highest BCUT2D eigenvalue weighted by molar-refractivity contribution is 14.1. The highest BCUT2D eigenvalue weighted by atomic mass is 127. The molecule has 4 amide bonds. The van der Waals surface area contributed by atoms with Crippen LogP contribution < -0.4 is 26.7 Å². The second-order valence-electron chi connectivity index (χ2n) is 17.9. The molecule has 6 N–H and O–H groups in total. The number of rotatable bonds is 25. The fraction of sp³-hybridized carbons (Fsp3) is 0.490. The molecular formula is C49H63F3IN7O6S. The number of likely N-dealkylation sites (tertiary alicyclic amines) is 1. The van der Waals surface area contributed by atoms with Crippen LogP contribution in [0.4, 0.5) is 24.5 Å². The molecule has 13 nitrogen and oxygen atoms in total. The first-order valence-corrected chi connectivity index (χ1v) is 24.9. The second kappa shape index (κ2) is 26.2. The minimum atomic E-state index is -1.31. The van der Waals surface area contributed by atoms with E-state index in [1.165, 1.54) is 17.0 Å². The summed E-state index contributed by atoms with van der Waals surface area (Å²) in [5.41, 5.74) is 5.50. The molecule has 4 aromatic rings. The molecule has 2 heterocycles. The molecule has 1 saturated heterocycles. The van der Waals surface area contributed by atoms with Crippen molar-refractivity contribution in [1.29, 1.82) is 0 Å². The largest absolute Gasteiger partial charge is 0.391 e. The number of hydrogen-bond acceptors (Lipinski definition) is 10. The van der Waals surface area contributed by atoms with Crippen LogP contribution in [0.2, 0.25) is 0 Å². The van der Waals surface area contributed by atoms with Crippen LogP contribution in [-0.4, -0.2) is 83.0 Å². The molecule has 364 valence electrons. The molecule has 0 saturated carbocycles. The summed E-state index contributed by atoms with van der Waals surface area (Å²) in [6.45, 7) is 9.56. The number of halogens is 4. The van der Waals surface area contributed by atoms with E-state index in [1.807, 2.05) is 80.1 Å². The van der Waals surface area contributed by atoms with Crippen molar-refractivity contribution >= 4 is 68.9 Å². The van der Waals surface area contributed by atoms with Crippen molar-refractivity contribution in [3.63, 3.8) is 0 Å². The average molecular weight is 1060 g/mol. The third-order valence-electron chi connectivity index (χ3n) is 11.5. The Morgan fingerprint density at radius 3 is 2.27 bits per heavy atom. The van der Waals surface area contributed by atoms with Gasteiger partial charge in [-0.05, 0) is 109 Å². The van der Waals surface area contributed by atoms with Crippen molar-refractivity contribution in [1.82, 2.24) is 31.3 Å².